The molecule has 0 saturated heterocycles. The molecule has 0 unspecified atom stereocenters. The molecule has 0 aliphatic carbocycles. The second-order valence-corrected chi connectivity index (χ2v) is 14.6. The topological polar surface area (TPSA) is 0 Å². The summed E-state index contributed by atoms with van der Waals surface area (Å²) in [6.07, 6.45) is 0. The molecule has 0 fully saturated rings. The van der Waals surface area contributed by atoms with Gasteiger partial charge in [0.05, 0.1) is 0 Å². The summed E-state index contributed by atoms with van der Waals surface area (Å²) in [6.45, 7) is 0. The fourth-order valence-corrected chi connectivity index (χ4v) is 12.5. The summed E-state index contributed by atoms with van der Waals surface area (Å²) in [5, 5.41) is 0. The van der Waals surface area contributed by atoms with Crippen molar-refractivity contribution in [3.63, 3.8) is 0 Å². The van der Waals surface area contributed by atoms with E-state index in [1.807, 2.05) is 0 Å². The summed E-state index contributed by atoms with van der Waals surface area (Å²) in [5.74, 6) is 0. The molecule has 0 saturated carbocycles. The summed E-state index contributed by atoms with van der Waals surface area (Å²) >= 11 is -9.60. The van der Waals surface area contributed by atoms with Gasteiger partial charge in [0, 0.05) is 0 Å². The Kier molecular flexibility index (Phi) is 7.56. The Labute approximate surface area is 180 Å². The van der Waals surface area contributed by atoms with Gasteiger partial charge in [-0.15, -0.1) is 0 Å². The van der Waals surface area contributed by atoms with Crippen LogP contribution in [0, 0.1) is 0 Å². The summed E-state index contributed by atoms with van der Waals surface area (Å²) < 4.78 is 45.2. The molecule has 0 amide bonds. The first-order valence-corrected chi connectivity index (χ1v) is 14.9. The van der Waals surface area contributed by atoms with Crippen molar-refractivity contribution in [2.45, 2.75) is 0 Å². The van der Waals surface area contributed by atoms with Gasteiger partial charge in [0.1, 0.15) is 0 Å². The van der Waals surface area contributed by atoms with Crippen molar-refractivity contribution < 1.29 is 14.1 Å². The molecule has 4 rings (SSSR count). The van der Waals surface area contributed by atoms with Gasteiger partial charge in [-0.1, -0.05) is 0 Å². The summed E-state index contributed by atoms with van der Waals surface area (Å²) in [7, 11) is 0. The molecule has 0 nitrogen and oxygen atoms in total. The molecule has 0 spiro atoms. The Morgan fingerprint density at radius 3 is 0.700 bits per heavy atom. The molecule has 0 N–H and O–H groups in total. The van der Waals surface area contributed by atoms with E-state index in [4.69, 9.17) is 0 Å². The fourth-order valence-electron chi connectivity index (χ4n) is 3.50. The molecule has 6 heteroatoms. The first-order chi connectivity index (χ1) is 14.4. The van der Waals surface area contributed by atoms with E-state index in [9.17, 15) is 14.1 Å². The minimum atomic E-state index is -6.83. The third kappa shape index (κ3) is 5.43. The van der Waals surface area contributed by atoms with Crippen LogP contribution in [-0.2, 0) is 0 Å². The average molecular weight is 486 g/mol. The second-order valence-electron chi connectivity index (χ2n) is 6.51. The van der Waals surface area contributed by atoms with Crippen molar-refractivity contribution in [3.05, 3.63) is 121 Å². The number of hydrogen-bond acceptors (Lipinski definition) is 0. The Balaban J connectivity index is 0.000000461. The number of benzene rings is 4. The fraction of sp³-hybridized carbons (Fsp3) is 0. The minimum absolute atomic E-state index is 1.45. The molecule has 30 heavy (non-hydrogen) atoms. The summed E-state index contributed by atoms with van der Waals surface area (Å²) in [5.41, 5.74) is 0. The van der Waals surface area contributed by atoms with Gasteiger partial charge in [-0.2, -0.15) is 0 Å². The first kappa shape index (κ1) is 22.4. The zero-order valence-electron chi connectivity index (χ0n) is 16.1. The first-order valence-electron chi connectivity index (χ1n) is 9.41. The van der Waals surface area contributed by atoms with Crippen LogP contribution < -0.4 is 17.4 Å². The molecule has 4 aromatic carbocycles. The Hall–Kier alpha value is -2.31. The predicted molar refractivity (Wildman–Crippen MR) is 120 cm³/mol. The molecule has 0 heterocycles. The molecule has 0 aromatic heterocycles. The number of hydrogen-bond donors (Lipinski definition) is 0. The molecule has 0 atom stereocenters. The van der Waals surface area contributed by atoms with Crippen molar-refractivity contribution in [2.75, 3.05) is 0 Å². The quantitative estimate of drug-likeness (QED) is 0.297. The molecule has 4 aromatic rings. The Morgan fingerprint density at radius 2 is 0.533 bits per heavy atom. The van der Waals surface area contributed by atoms with Gasteiger partial charge < -0.3 is 14.1 Å². The number of rotatable bonds is 4. The van der Waals surface area contributed by atoms with E-state index in [2.05, 4.69) is 121 Å². The van der Waals surface area contributed by atoms with E-state index in [1.165, 1.54) is 17.4 Å². The molecule has 0 aliphatic rings. The number of halogens is 4. The van der Waals surface area contributed by atoms with Crippen LogP contribution in [0.25, 0.3) is 0 Å². The van der Waals surface area contributed by atoms with E-state index in [-0.39, 0.29) is 0 Å². The Bertz CT molecular complexity index is 855. The van der Waals surface area contributed by atoms with E-state index in [0.29, 0.717) is 0 Å². The van der Waals surface area contributed by atoms with Crippen LogP contribution in [0.4, 0.5) is 14.1 Å². The maximum atomic E-state index is 9.85. The Morgan fingerprint density at radius 1 is 0.367 bits per heavy atom. The monoisotopic (exact) mass is 486 g/mol. The summed E-state index contributed by atoms with van der Waals surface area (Å²) in [4.78, 5) is 0. The van der Waals surface area contributed by atoms with Crippen LogP contribution in [0.3, 0.4) is 0 Å². The van der Waals surface area contributed by atoms with Crippen LogP contribution in [-0.4, -0.2) is 28.5 Å². The third-order valence-corrected chi connectivity index (χ3v) is 13.6. The predicted octanol–water partition coefficient (Wildman–Crippen LogP) is 4.36. The van der Waals surface area contributed by atoms with E-state index >= 15 is 0 Å². The second kappa shape index (κ2) is 10.1. The van der Waals surface area contributed by atoms with E-state index < -0.39 is 28.5 Å². The standard InChI is InChI=1S/C24H20As.Al.4FH/c1-5-13-21(14-6-1)25(22-15-7-2-8-16-22,23-17-9-3-10-18-23)24-19-11-4-12-20-24;;;;;/h1-20H;;4*1H/q+1;+3;;;;/p-4. The SMILES string of the molecule is [F][Al-]([F])([F])[F].c1ccc([As+](c2ccccc2)(c2ccccc2)c2ccccc2)cc1. The van der Waals surface area contributed by atoms with Crippen LogP contribution >= 0.6 is 0 Å². The molecular formula is C24H20AlAsF4. The van der Waals surface area contributed by atoms with Gasteiger partial charge in [0.25, 0.3) is 0 Å². The summed E-state index contributed by atoms with van der Waals surface area (Å²) in [6, 6.07) is 44.2. The van der Waals surface area contributed by atoms with Gasteiger partial charge in [0.15, 0.2) is 0 Å². The molecular weight excluding hydrogens is 466 g/mol. The molecule has 0 bridgehead atoms. The third-order valence-electron chi connectivity index (χ3n) is 4.57. The van der Waals surface area contributed by atoms with Crippen molar-refractivity contribution >= 4 is 45.9 Å². The molecule has 152 valence electrons. The normalized spacial score (nSPS) is 11.3. The van der Waals surface area contributed by atoms with Crippen LogP contribution in [0.15, 0.2) is 121 Å². The maximum absolute atomic E-state index is 9.85. The van der Waals surface area contributed by atoms with Crippen LogP contribution in [0.5, 0.6) is 0 Å². The van der Waals surface area contributed by atoms with E-state index in [1.54, 1.807) is 0 Å². The van der Waals surface area contributed by atoms with Gasteiger partial charge in [-0.05, 0) is 0 Å². The van der Waals surface area contributed by atoms with Gasteiger partial charge in [-0.25, -0.2) is 0 Å². The molecule has 0 aliphatic heterocycles. The zero-order valence-corrected chi connectivity index (χ0v) is 19.1. The van der Waals surface area contributed by atoms with E-state index in [0.717, 1.165) is 0 Å². The zero-order chi connectivity index (χ0) is 21.5. The molecule has 0 radical (unpaired) electrons. The van der Waals surface area contributed by atoms with Crippen molar-refractivity contribution in [1.82, 2.24) is 0 Å². The average Bonchev–Trinajstić information content (AvgIpc) is 2.76. The van der Waals surface area contributed by atoms with Gasteiger partial charge in [0.2, 0.25) is 0 Å². The van der Waals surface area contributed by atoms with Crippen molar-refractivity contribution in [1.29, 1.82) is 0 Å². The van der Waals surface area contributed by atoms with Gasteiger partial charge >= 0.3 is 167 Å². The van der Waals surface area contributed by atoms with Gasteiger partial charge in [-0.3, -0.25) is 0 Å². The van der Waals surface area contributed by atoms with Crippen LogP contribution in [0.2, 0.25) is 0 Å². The van der Waals surface area contributed by atoms with Crippen molar-refractivity contribution in [2.24, 2.45) is 0 Å². The van der Waals surface area contributed by atoms with Crippen molar-refractivity contribution in [3.8, 4) is 0 Å². The van der Waals surface area contributed by atoms with Crippen LogP contribution in [0.1, 0.15) is 0 Å².